The number of carbonyl (C=O) groups is 2. The summed E-state index contributed by atoms with van der Waals surface area (Å²) in [7, 11) is 3.01. The number of alkyl halides is 1. The van der Waals surface area contributed by atoms with E-state index in [4.69, 9.17) is 46.4 Å². The van der Waals surface area contributed by atoms with Crippen LogP contribution >= 0.6 is 39.5 Å². The maximum Gasteiger partial charge on any atom is 0.411 e. The third kappa shape index (κ3) is 16.2. The number of rotatable bonds is 13. The molecule has 0 saturated heterocycles. The zero-order chi connectivity index (χ0) is 35.4. The van der Waals surface area contributed by atoms with Gasteiger partial charge < -0.3 is 34.2 Å². The minimum absolute atomic E-state index is 0.0694. The van der Waals surface area contributed by atoms with E-state index in [1.54, 1.807) is 59.3 Å². The Bertz CT molecular complexity index is 1380. The molecule has 47 heavy (non-hydrogen) atoms. The number of amides is 2. The van der Waals surface area contributed by atoms with E-state index in [0.29, 0.717) is 47.5 Å². The molecule has 0 aliphatic heterocycles. The van der Waals surface area contributed by atoms with Gasteiger partial charge in [0.15, 0.2) is 6.29 Å². The molecule has 0 spiro atoms. The topological polar surface area (TPSA) is 178 Å². The second kappa shape index (κ2) is 22.8. The van der Waals surface area contributed by atoms with E-state index in [9.17, 15) is 9.59 Å². The van der Waals surface area contributed by atoms with Crippen LogP contribution in [0, 0.1) is 0 Å². The first kappa shape index (κ1) is 41.4. The second-order valence-electron chi connectivity index (χ2n) is 9.40. The summed E-state index contributed by atoms with van der Waals surface area (Å²) in [6.07, 6.45) is 3.14. The van der Waals surface area contributed by atoms with Crippen molar-refractivity contribution in [1.82, 2.24) is 15.0 Å². The first-order valence-corrected chi connectivity index (χ1v) is 16.8. The molecule has 0 aliphatic rings. The molecule has 3 rings (SSSR count). The average molecular weight is 760 g/mol. The molecule has 3 aromatic heterocycles. The smallest absolute Gasteiger partial charge is 0.411 e. The van der Waals surface area contributed by atoms with E-state index in [-0.39, 0.29) is 23.5 Å². The van der Waals surface area contributed by atoms with Crippen LogP contribution in [0.1, 0.15) is 47.2 Å². The molecule has 3 heterocycles. The zero-order valence-electron chi connectivity index (χ0n) is 27.7. The predicted molar refractivity (Wildman–Crippen MR) is 190 cm³/mol. The molecule has 0 saturated carbocycles. The normalized spacial score (nSPS) is 10.3. The fourth-order valence-electron chi connectivity index (χ4n) is 3.25. The number of ether oxygens (including phenoxy) is 6. The molecule has 14 nitrogen and oxygen atoms in total. The van der Waals surface area contributed by atoms with Crippen LogP contribution in [0.5, 0.6) is 11.5 Å². The van der Waals surface area contributed by atoms with Gasteiger partial charge in [-0.1, -0.05) is 28.1 Å². The summed E-state index contributed by atoms with van der Waals surface area (Å²) < 4.78 is 30.6. The summed E-state index contributed by atoms with van der Waals surface area (Å²) in [5.74, 6) is 0.937. The Labute approximate surface area is 293 Å². The quantitative estimate of drug-likeness (QED) is 0.0962. The largest absolute Gasteiger partial charge is 0.494 e. The SMILES string of the molecule is CCOC(CBr)OCC.COc1cc(NC(=O)OC(C)C)cnc1-c1nccs1.COc1cc(NC(=O)OC(C)C)cnc1C(N)=S. The van der Waals surface area contributed by atoms with Crippen LogP contribution in [-0.4, -0.2) is 83.4 Å². The predicted octanol–water partition coefficient (Wildman–Crippen LogP) is 6.63. The van der Waals surface area contributed by atoms with Gasteiger partial charge >= 0.3 is 12.2 Å². The van der Waals surface area contributed by atoms with Crippen molar-refractivity contribution >= 4 is 68.0 Å². The number of anilines is 2. The summed E-state index contributed by atoms with van der Waals surface area (Å²) in [4.78, 5) is 35.5. The molecule has 0 atom stereocenters. The van der Waals surface area contributed by atoms with Gasteiger partial charge in [-0.3, -0.25) is 10.6 Å². The monoisotopic (exact) mass is 758 g/mol. The van der Waals surface area contributed by atoms with Crippen molar-refractivity contribution in [2.45, 2.75) is 60.0 Å². The minimum Gasteiger partial charge on any atom is -0.494 e. The van der Waals surface area contributed by atoms with Crippen LogP contribution in [0.4, 0.5) is 21.0 Å². The molecule has 2 amide bonds. The van der Waals surface area contributed by atoms with Crippen LogP contribution in [0.3, 0.4) is 0 Å². The van der Waals surface area contributed by atoms with Gasteiger partial charge in [-0.15, -0.1) is 11.3 Å². The fourth-order valence-corrected chi connectivity index (χ4v) is 4.42. The third-order valence-electron chi connectivity index (χ3n) is 5.02. The Morgan fingerprint density at radius 3 is 1.81 bits per heavy atom. The lowest BCUT2D eigenvalue weighted by molar-refractivity contribution is -0.119. The van der Waals surface area contributed by atoms with Gasteiger partial charge in [0, 0.05) is 36.9 Å². The van der Waals surface area contributed by atoms with E-state index in [1.807, 2.05) is 19.2 Å². The van der Waals surface area contributed by atoms with Crippen LogP contribution in [-0.2, 0) is 18.9 Å². The van der Waals surface area contributed by atoms with Gasteiger partial charge in [-0.25, -0.2) is 24.5 Å². The zero-order valence-corrected chi connectivity index (χ0v) is 30.9. The molecule has 4 N–H and O–H groups in total. The van der Waals surface area contributed by atoms with E-state index in [2.05, 4.69) is 41.5 Å². The standard InChI is InChI=1S/C13H15N3O3S.C11H15N3O3S.C6H13BrO2/c1-8(2)19-13(17)16-9-6-10(18-3)11(15-7-9)12-14-4-5-20-12;1-6(2)17-11(15)14-7-4-8(16-3)9(10(12)18)13-5-7;1-3-8-6(5-7)9-4-2/h4-8H,1-3H3,(H,16,17);4-6H,1-3H3,(H2,12,18)(H,14,15);6H,3-5H2,1-2H3. The van der Waals surface area contributed by atoms with Gasteiger partial charge in [-0.2, -0.15) is 0 Å². The van der Waals surface area contributed by atoms with Crippen molar-refractivity contribution in [3.05, 3.63) is 41.8 Å². The Kier molecular flexibility index (Phi) is 20.1. The van der Waals surface area contributed by atoms with Crippen molar-refractivity contribution < 1.29 is 38.0 Å². The third-order valence-corrected chi connectivity index (χ3v) is 6.52. The summed E-state index contributed by atoms with van der Waals surface area (Å²) in [5.41, 5.74) is 7.45. The Balaban J connectivity index is 0.000000378. The number of nitrogens with two attached hydrogens (primary N) is 1. The number of pyridine rings is 2. The number of nitrogens with zero attached hydrogens (tertiary/aromatic N) is 3. The summed E-state index contributed by atoms with van der Waals surface area (Å²) in [6.45, 7) is 12.4. The van der Waals surface area contributed by atoms with Gasteiger partial charge in [0.05, 0.1) is 55.5 Å². The second-order valence-corrected chi connectivity index (χ2v) is 11.4. The molecule has 260 valence electrons. The van der Waals surface area contributed by atoms with E-state index in [0.717, 1.165) is 10.3 Å². The highest BCUT2D eigenvalue weighted by molar-refractivity contribution is 9.09. The number of thiocarbonyl (C=S) groups is 1. The number of halogens is 1. The van der Waals surface area contributed by atoms with Crippen molar-refractivity contribution in [3.8, 4) is 22.2 Å². The molecule has 17 heteroatoms. The number of hydrogen-bond acceptors (Lipinski definition) is 13. The van der Waals surface area contributed by atoms with E-state index in [1.165, 1.54) is 24.6 Å². The fraction of sp³-hybridized carbons (Fsp3) is 0.467. The summed E-state index contributed by atoms with van der Waals surface area (Å²) in [6, 6.07) is 3.26. The first-order valence-electron chi connectivity index (χ1n) is 14.4. The Morgan fingerprint density at radius 1 is 0.894 bits per heavy atom. The molecule has 0 aliphatic carbocycles. The summed E-state index contributed by atoms with van der Waals surface area (Å²) in [5, 5.41) is 8.50. The molecule has 0 aromatic carbocycles. The highest BCUT2D eigenvalue weighted by Crippen LogP contribution is 2.31. The number of hydrogen-bond donors (Lipinski definition) is 3. The van der Waals surface area contributed by atoms with Crippen LogP contribution in [0.25, 0.3) is 10.7 Å². The van der Waals surface area contributed by atoms with Crippen LogP contribution in [0.15, 0.2) is 36.1 Å². The van der Waals surface area contributed by atoms with Gasteiger partial charge in [0.2, 0.25) is 0 Å². The lowest BCUT2D eigenvalue weighted by Gasteiger charge is -2.12. The van der Waals surface area contributed by atoms with Gasteiger partial charge in [0.25, 0.3) is 0 Å². The van der Waals surface area contributed by atoms with E-state index >= 15 is 0 Å². The molecule has 0 radical (unpaired) electrons. The molecule has 0 bridgehead atoms. The lowest BCUT2D eigenvalue weighted by Crippen LogP contribution is -2.19. The number of methoxy groups -OCH3 is 2. The highest BCUT2D eigenvalue weighted by atomic mass is 79.9. The van der Waals surface area contributed by atoms with Crippen LogP contribution in [0.2, 0.25) is 0 Å². The molecule has 3 aromatic rings. The number of thiazole rings is 1. The number of carbonyl (C=O) groups excluding carboxylic acids is 2. The Hall–Kier alpha value is -3.64. The van der Waals surface area contributed by atoms with Crippen molar-refractivity contribution in [2.75, 3.05) is 43.4 Å². The van der Waals surface area contributed by atoms with Crippen molar-refractivity contribution in [1.29, 1.82) is 0 Å². The molecular formula is C30H43BrN6O8S2. The van der Waals surface area contributed by atoms with Crippen molar-refractivity contribution in [2.24, 2.45) is 5.73 Å². The lowest BCUT2D eigenvalue weighted by atomic mass is 10.3. The van der Waals surface area contributed by atoms with Gasteiger partial charge in [-0.05, 0) is 41.5 Å². The molecular weight excluding hydrogens is 716 g/mol. The molecule has 0 unspecified atom stereocenters. The van der Waals surface area contributed by atoms with Gasteiger partial charge in [0.1, 0.15) is 32.9 Å². The first-order chi connectivity index (χ1) is 22.4. The van der Waals surface area contributed by atoms with Crippen LogP contribution < -0.4 is 25.8 Å². The summed E-state index contributed by atoms with van der Waals surface area (Å²) >= 11 is 9.56. The number of aromatic nitrogens is 3. The van der Waals surface area contributed by atoms with Crippen molar-refractivity contribution in [3.63, 3.8) is 0 Å². The average Bonchev–Trinajstić information content (AvgIpc) is 3.55. The molecule has 0 fully saturated rings. The maximum absolute atomic E-state index is 11.5. The maximum atomic E-state index is 11.5. The minimum atomic E-state index is -0.558. The van der Waals surface area contributed by atoms with E-state index < -0.39 is 12.2 Å². The highest BCUT2D eigenvalue weighted by Gasteiger charge is 2.14. The Morgan fingerprint density at radius 2 is 1.40 bits per heavy atom. The number of nitrogens with one attached hydrogen (secondary N) is 2.